The summed E-state index contributed by atoms with van der Waals surface area (Å²) in [6.07, 6.45) is 0. The maximum Gasteiger partial charge on any atom is 0.300 e. The highest BCUT2D eigenvalue weighted by atomic mass is 127. The van der Waals surface area contributed by atoms with E-state index in [0.717, 1.165) is 3.72 Å². The lowest BCUT2D eigenvalue weighted by Crippen LogP contribution is -2.07. The van der Waals surface area contributed by atoms with Crippen LogP contribution >= 0.6 is 45.2 Å². The lowest BCUT2D eigenvalue weighted by molar-refractivity contribution is 0.263. The molecule has 0 bridgehead atoms. The predicted octanol–water partition coefficient (Wildman–Crippen LogP) is 1.90. The molecule has 8 heavy (non-hydrogen) atoms. The zero-order valence-electron chi connectivity index (χ0n) is 4.11. The molecular formula is C3H4I2N2O. The van der Waals surface area contributed by atoms with Crippen molar-refractivity contribution in [1.29, 1.82) is 0 Å². The van der Waals surface area contributed by atoms with Crippen LogP contribution in [0.1, 0.15) is 6.92 Å². The molecule has 0 aromatic heterocycles. The van der Waals surface area contributed by atoms with Crippen molar-refractivity contribution in [2.24, 2.45) is 5.10 Å². The van der Waals surface area contributed by atoms with Crippen molar-refractivity contribution < 1.29 is 4.79 Å². The molecule has 1 N–H and O–H groups in total. The summed E-state index contributed by atoms with van der Waals surface area (Å²) in [5, 5.41) is 3.62. The van der Waals surface area contributed by atoms with Crippen LogP contribution in [0.4, 0.5) is 4.79 Å². The highest BCUT2D eigenvalue weighted by molar-refractivity contribution is 14.1. The fourth-order valence-electron chi connectivity index (χ4n) is 0.121. The van der Waals surface area contributed by atoms with E-state index in [-0.39, 0.29) is 3.91 Å². The van der Waals surface area contributed by atoms with Gasteiger partial charge in [0.2, 0.25) is 0 Å². The Hall–Kier alpha value is 0.600. The monoisotopic (exact) mass is 338 g/mol. The average molecular weight is 338 g/mol. The smallest absolute Gasteiger partial charge is 0.261 e. The van der Waals surface area contributed by atoms with Gasteiger partial charge in [-0.3, -0.25) is 4.79 Å². The summed E-state index contributed by atoms with van der Waals surface area (Å²) in [5.41, 5.74) is 2.27. The van der Waals surface area contributed by atoms with Gasteiger partial charge >= 0.3 is 3.91 Å². The summed E-state index contributed by atoms with van der Waals surface area (Å²) in [6, 6.07) is 0. The molecule has 0 rings (SSSR count). The largest absolute Gasteiger partial charge is 0.300 e. The van der Waals surface area contributed by atoms with Gasteiger partial charge in [-0.1, -0.05) is 0 Å². The van der Waals surface area contributed by atoms with Gasteiger partial charge in [0, 0.05) is 22.6 Å². The first-order chi connectivity index (χ1) is 3.63. The Kier molecular flexibility index (Phi) is 4.81. The fraction of sp³-hybridized carbons (Fsp3) is 0.333. The molecule has 5 heteroatoms. The molecule has 0 aliphatic rings. The van der Waals surface area contributed by atoms with Gasteiger partial charge in [0.15, 0.2) is 0 Å². The first kappa shape index (κ1) is 8.60. The molecule has 0 atom stereocenters. The normalized spacial score (nSPS) is 11.1. The summed E-state index contributed by atoms with van der Waals surface area (Å²) in [5.74, 6) is 0. The van der Waals surface area contributed by atoms with E-state index in [0.29, 0.717) is 0 Å². The van der Waals surface area contributed by atoms with E-state index in [4.69, 9.17) is 0 Å². The SMILES string of the molecule is C/C(I)=N/NC(=O)I. The van der Waals surface area contributed by atoms with E-state index in [1.807, 2.05) is 22.6 Å². The van der Waals surface area contributed by atoms with Crippen molar-refractivity contribution in [3.8, 4) is 0 Å². The quantitative estimate of drug-likeness (QED) is 0.256. The predicted molar refractivity (Wildman–Crippen MR) is 49.7 cm³/mol. The number of nitrogens with one attached hydrogen (secondary N) is 1. The lowest BCUT2D eigenvalue weighted by Gasteiger charge is -1.87. The van der Waals surface area contributed by atoms with Gasteiger partial charge in [-0.2, -0.15) is 5.10 Å². The standard InChI is InChI=1S/C3H4I2N2O/c1-2(4)6-7-3(5)8/h1H3,(H,7,8)/b6-2-. The van der Waals surface area contributed by atoms with E-state index in [1.54, 1.807) is 29.5 Å². The third kappa shape index (κ3) is 6.60. The molecule has 0 heterocycles. The lowest BCUT2D eigenvalue weighted by atomic mass is 10.9. The first-order valence-electron chi connectivity index (χ1n) is 1.78. The van der Waals surface area contributed by atoms with E-state index < -0.39 is 0 Å². The van der Waals surface area contributed by atoms with Gasteiger partial charge in [0.05, 0.1) is 3.72 Å². The third-order valence-electron chi connectivity index (χ3n) is 0.298. The second-order valence-corrected chi connectivity index (χ2v) is 3.54. The molecule has 0 saturated heterocycles. The van der Waals surface area contributed by atoms with Crippen LogP contribution in [-0.4, -0.2) is 7.63 Å². The Morgan fingerprint density at radius 3 is 2.25 bits per heavy atom. The summed E-state index contributed by atoms with van der Waals surface area (Å²) in [4.78, 5) is 10.1. The van der Waals surface area contributed by atoms with Gasteiger partial charge in [-0.15, -0.1) is 0 Å². The van der Waals surface area contributed by atoms with Crippen molar-refractivity contribution in [3.63, 3.8) is 0 Å². The van der Waals surface area contributed by atoms with Gasteiger partial charge in [0.1, 0.15) is 0 Å². The number of amides is 1. The van der Waals surface area contributed by atoms with Crippen molar-refractivity contribution in [1.82, 2.24) is 5.43 Å². The number of carbonyl (C=O) groups is 1. The first-order valence-corrected chi connectivity index (χ1v) is 3.94. The molecule has 0 saturated carbocycles. The number of hydrazone groups is 1. The van der Waals surface area contributed by atoms with Gasteiger partial charge < -0.3 is 0 Å². The van der Waals surface area contributed by atoms with Crippen molar-refractivity contribution in [2.45, 2.75) is 6.92 Å². The number of carbonyl (C=O) groups excluding carboxylic acids is 1. The van der Waals surface area contributed by atoms with E-state index in [2.05, 4.69) is 10.5 Å². The van der Waals surface area contributed by atoms with Crippen LogP contribution in [0.5, 0.6) is 0 Å². The maximum atomic E-state index is 10.1. The minimum atomic E-state index is -0.168. The number of halogens is 2. The second kappa shape index (κ2) is 4.48. The number of nitrogens with zero attached hydrogens (tertiary/aromatic N) is 1. The second-order valence-electron chi connectivity index (χ2n) is 0.994. The zero-order valence-corrected chi connectivity index (χ0v) is 8.43. The van der Waals surface area contributed by atoms with Crippen molar-refractivity contribution in [2.75, 3.05) is 0 Å². The number of hydrogen-bond acceptors (Lipinski definition) is 2. The molecule has 0 aromatic rings. The molecule has 0 aromatic carbocycles. The van der Waals surface area contributed by atoms with E-state index in [1.165, 1.54) is 0 Å². The highest BCUT2D eigenvalue weighted by Gasteiger charge is 1.85. The van der Waals surface area contributed by atoms with Crippen LogP contribution in [0.15, 0.2) is 5.10 Å². The zero-order chi connectivity index (χ0) is 6.57. The summed E-state index contributed by atoms with van der Waals surface area (Å²) < 4.78 is 0.645. The maximum absolute atomic E-state index is 10.1. The highest BCUT2D eigenvalue weighted by Crippen LogP contribution is 1.87. The minimum absolute atomic E-state index is 0.168. The number of rotatable bonds is 1. The molecule has 0 aliphatic carbocycles. The molecule has 0 fully saturated rings. The van der Waals surface area contributed by atoms with Crippen molar-refractivity contribution in [3.05, 3.63) is 0 Å². The Bertz CT molecular complexity index is 118. The van der Waals surface area contributed by atoms with Crippen LogP contribution in [0.3, 0.4) is 0 Å². The van der Waals surface area contributed by atoms with Crippen LogP contribution in [0.2, 0.25) is 0 Å². The molecule has 1 amide bonds. The van der Waals surface area contributed by atoms with Gasteiger partial charge in [-0.25, -0.2) is 5.43 Å². The van der Waals surface area contributed by atoms with Crippen LogP contribution in [0, 0.1) is 0 Å². The van der Waals surface area contributed by atoms with E-state index in [9.17, 15) is 4.79 Å². The Morgan fingerprint density at radius 1 is 1.62 bits per heavy atom. The van der Waals surface area contributed by atoms with Crippen molar-refractivity contribution >= 4 is 52.8 Å². The third-order valence-corrected chi connectivity index (χ3v) is 0.780. The summed E-state index contributed by atoms with van der Waals surface area (Å²) >= 11 is 3.62. The molecule has 0 radical (unpaired) electrons. The van der Waals surface area contributed by atoms with Crippen LogP contribution in [0.25, 0.3) is 0 Å². The van der Waals surface area contributed by atoms with Crippen LogP contribution in [-0.2, 0) is 0 Å². The Balaban J connectivity index is 3.45. The van der Waals surface area contributed by atoms with Crippen LogP contribution < -0.4 is 5.43 Å². The molecule has 46 valence electrons. The molecule has 3 nitrogen and oxygen atoms in total. The Labute approximate surface area is 74.6 Å². The average Bonchev–Trinajstić information content (AvgIpc) is 1.61. The topological polar surface area (TPSA) is 41.5 Å². The molecule has 0 aliphatic heterocycles. The molecule has 0 spiro atoms. The van der Waals surface area contributed by atoms with E-state index >= 15 is 0 Å². The summed E-state index contributed by atoms with van der Waals surface area (Å²) in [6.45, 7) is 1.80. The van der Waals surface area contributed by atoms with Gasteiger partial charge in [-0.05, 0) is 29.5 Å². The summed E-state index contributed by atoms with van der Waals surface area (Å²) in [7, 11) is 0. The minimum Gasteiger partial charge on any atom is -0.261 e. The van der Waals surface area contributed by atoms with Gasteiger partial charge in [0.25, 0.3) is 0 Å². The molecular weight excluding hydrogens is 334 g/mol. The number of hydrogen-bond donors (Lipinski definition) is 1. The fourth-order valence-corrected chi connectivity index (χ4v) is 0.362. The molecule has 0 unspecified atom stereocenters. The Morgan fingerprint density at radius 2 is 2.12 bits per heavy atom.